The van der Waals surface area contributed by atoms with Crippen LogP contribution in [0.25, 0.3) is 16.9 Å². The molecule has 2 aromatic heterocycles. The Bertz CT molecular complexity index is 822. The molecule has 1 aliphatic heterocycles. The lowest BCUT2D eigenvalue weighted by Gasteiger charge is -2.18. The zero-order chi connectivity index (χ0) is 15.8. The number of ether oxygens (including phenoxy) is 1. The first kappa shape index (κ1) is 14.3. The number of hydrogen-bond donors (Lipinski definition) is 0. The summed E-state index contributed by atoms with van der Waals surface area (Å²) >= 11 is 0. The Balaban J connectivity index is 1.66. The third kappa shape index (κ3) is 2.70. The smallest absolute Gasteiger partial charge is 0.139 e. The van der Waals surface area contributed by atoms with Crippen molar-refractivity contribution in [3.05, 3.63) is 54.4 Å². The number of imidazole rings is 1. The fraction of sp³-hybridized carbons (Fsp3) is 0.316. The largest absolute Gasteiger partial charge is 0.380 e. The topological polar surface area (TPSA) is 29.8 Å². The van der Waals surface area contributed by atoms with Gasteiger partial charge in [0.15, 0.2) is 0 Å². The van der Waals surface area contributed by atoms with Crippen LogP contribution >= 0.6 is 0 Å². The maximum Gasteiger partial charge on any atom is 0.139 e. The average molecular weight is 307 g/mol. The fourth-order valence-corrected chi connectivity index (χ4v) is 3.19. The Morgan fingerprint density at radius 1 is 1.17 bits per heavy atom. The van der Waals surface area contributed by atoms with Crippen molar-refractivity contribution >= 4 is 11.3 Å². The van der Waals surface area contributed by atoms with Crippen LogP contribution in [0.4, 0.5) is 5.69 Å². The Morgan fingerprint density at radius 2 is 2.00 bits per heavy atom. The molecule has 1 atom stereocenters. The molecule has 4 rings (SSSR count). The second kappa shape index (κ2) is 5.70. The first-order chi connectivity index (χ1) is 11.2. The molecule has 0 radical (unpaired) electrons. The van der Waals surface area contributed by atoms with Gasteiger partial charge < -0.3 is 14.0 Å². The lowest BCUT2D eigenvalue weighted by Crippen LogP contribution is -2.22. The van der Waals surface area contributed by atoms with Gasteiger partial charge in [-0.3, -0.25) is 0 Å². The van der Waals surface area contributed by atoms with Gasteiger partial charge in [-0.05, 0) is 19.4 Å². The van der Waals surface area contributed by atoms with Crippen LogP contribution in [0.15, 0.2) is 48.8 Å². The summed E-state index contributed by atoms with van der Waals surface area (Å²) in [6.45, 7) is 4.10. The van der Waals surface area contributed by atoms with E-state index in [1.807, 2.05) is 0 Å². The van der Waals surface area contributed by atoms with E-state index in [9.17, 15) is 0 Å². The van der Waals surface area contributed by atoms with Crippen molar-refractivity contribution < 1.29 is 4.74 Å². The van der Waals surface area contributed by atoms with Gasteiger partial charge >= 0.3 is 0 Å². The van der Waals surface area contributed by atoms with E-state index >= 15 is 0 Å². The number of aromatic nitrogens is 2. The quantitative estimate of drug-likeness (QED) is 0.741. The normalized spacial score (nSPS) is 18.0. The van der Waals surface area contributed by atoms with Crippen molar-refractivity contribution in [3.8, 4) is 11.3 Å². The molecule has 23 heavy (non-hydrogen) atoms. The minimum Gasteiger partial charge on any atom is -0.380 e. The average Bonchev–Trinajstić information content (AvgIpc) is 3.21. The van der Waals surface area contributed by atoms with E-state index < -0.39 is 0 Å². The Morgan fingerprint density at radius 3 is 2.74 bits per heavy atom. The summed E-state index contributed by atoms with van der Waals surface area (Å²) in [4.78, 5) is 7.16. The second-order valence-electron chi connectivity index (χ2n) is 6.23. The van der Waals surface area contributed by atoms with E-state index in [-0.39, 0.29) is 0 Å². The molecular weight excluding hydrogens is 286 g/mol. The molecule has 0 N–H and O–H groups in total. The zero-order valence-electron chi connectivity index (χ0n) is 13.6. The van der Waals surface area contributed by atoms with Gasteiger partial charge in [-0.2, -0.15) is 0 Å². The van der Waals surface area contributed by atoms with Gasteiger partial charge in [0.25, 0.3) is 0 Å². The predicted octanol–water partition coefficient (Wildman–Crippen LogP) is 3.53. The third-order valence-corrected chi connectivity index (χ3v) is 4.63. The molecule has 0 amide bonds. The number of anilines is 1. The number of rotatable bonds is 3. The monoisotopic (exact) mass is 307 g/mol. The standard InChI is InChI=1S/C19H21N3O/c1-14-3-5-15(6-4-14)18-13-22-9-7-16(11-19(22)20-18)21-10-8-17(12-21)23-2/h3-7,9,11,13,17H,8,10,12H2,1-2H3. The van der Waals surface area contributed by atoms with Crippen LogP contribution < -0.4 is 4.90 Å². The highest BCUT2D eigenvalue weighted by Crippen LogP contribution is 2.25. The number of methoxy groups -OCH3 is 1. The molecule has 118 valence electrons. The van der Waals surface area contributed by atoms with Crippen LogP contribution in [-0.2, 0) is 4.74 Å². The number of nitrogens with zero attached hydrogens (tertiary/aromatic N) is 3. The second-order valence-corrected chi connectivity index (χ2v) is 6.23. The van der Waals surface area contributed by atoms with Crippen LogP contribution in [-0.4, -0.2) is 35.7 Å². The molecule has 3 heterocycles. The highest BCUT2D eigenvalue weighted by Gasteiger charge is 2.22. The van der Waals surface area contributed by atoms with Gasteiger partial charge in [-0.15, -0.1) is 0 Å². The molecule has 3 aromatic rings. The van der Waals surface area contributed by atoms with Crippen molar-refractivity contribution in [2.24, 2.45) is 0 Å². The molecule has 1 saturated heterocycles. The van der Waals surface area contributed by atoms with Crippen molar-refractivity contribution in [1.29, 1.82) is 0 Å². The first-order valence-corrected chi connectivity index (χ1v) is 8.06. The summed E-state index contributed by atoms with van der Waals surface area (Å²) in [5.74, 6) is 0. The van der Waals surface area contributed by atoms with E-state index in [0.29, 0.717) is 6.10 Å². The van der Waals surface area contributed by atoms with Crippen LogP contribution in [0, 0.1) is 6.92 Å². The number of benzene rings is 1. The molecule has 0 aliphatic carbocycles. The van der Waals surface area contributed by atoms with Crippen molar-refractivity contribution in [2.75, 3.05) is 25.1 Å². The lowest BCUT2D eigenvalue weighted by atomic mass is 10.1. The highest BCUT2D eigenvalue weighted by atomic mass is 16.5. The molecule has 0 bridgehead atoms. The molecule has 4 nitrogen and oxygen atoms in total. The van der Waals surface area contributed by atoms with Crippen LogP contribution in [0.3, 0.4) is 0 Å². The van der Waals surface area contributed by atoms with E-state index in [4.69, 9.17) is 9.72 Å². The summed E-state index contributed by atoms with van der Waals surface area (Å²) in [7, 11) is 1.79. The molecule has 1 fully saturated rings. The summed E-state index contributed by atoms with van der Waals surface area (Å²) in [6.07, 6.45) is 5.61. The lowest BCUT2D eigenvalue weighted by molar-refractivity contribution is 0.121. The van der Waals surface area contributed by atoms with Gasteiger partial charge in [0.05, 0.1) is 11.8 Å². The molecule has 1 aliphatic rings. The maximum absolute atomic E-state index is 5.46. The van der Waals surface area contributed by atoms with Crippen LogP contribution in [0.5, 0.6) is 0 Å². The molecule has 0 saturated carbocycles. The maximum atomic E-state index is 5.46. The molecule has 1 unspecified atom stereocenters. The Labute approximate surface area is 136 Å². The number of fused-ring (bicyclic) bond motifs is 1. The van der Waals surface area contributed by atoms with Gasteiger partial charge in [0, 0.05) is 49.9 Å². The van der Waals surface area contributed by atoms with Gasteiger partial charge in [0.2, 0.25) is 0 Å². The summed E-state index contributed by atoms with van der Waals surface area (Å²) in [5.41, 5.74) is 5.64. The zero-order valence-corrected chi connectivity index (χ0v) is 13.6. The van der Waals surface area contributed by atoms with Crippen LogP contribution in [0.1, 0.15) is 12.0 Å². The SMILES string of the molecule is COC1CCN(c2ccn3cc(-c4ccc(C)cc4)nc3c2)C1. The minimum atomic E-state index is 0.342. The van der Waals surface area contributed by atoms with Crippen molar-refractivity contribution in [2.45, 2.75) is 19.4 Å². The van der Waals surface area contributed by atoms with Gasteiger partial charge in [-0.25, -0.2) is 4.98 Å². The Kier molecular flexibility index (Phi) is 3.54. The fourth-order valence-electron chi connectivity index (χ4n) is 3.19. The minimum absolute atomic E-state index is 0.342. The van der Waals surface area contributed by atoms with Gasteiger partial charge in [0.1, 0.15) is 5.65 Å². The molecular formula is C19H21N3O. The molecule has 1 aromatic carbocycles. The van der Waals surface area contributed by atoms with E-state index in [2.05, 4.69) is 65.0 Å². The number of hydrogen-bond acceptors (Lipinski definition) is 3. The first-order valence-electron chi connectivity index (χ1n) is 8.06. The van der Waals surface area contributed by atoms with Gasteiger partial charge in [-0.1, -0.05) is 29.8 Å². The molecule has 0 spiro atoms. The number of pyridine rings is 1. The summed E-state index contributed by atoms with van der Waals surface area (Å²) in [5, 5.41) is 0. The van der Waals surface area contributed by atoms with E-state index in [1.54, 1.807) is 7.11 Å². The van der Waals surface area contributed by atoms with Crippen molar-refractivity contribution in [3.63, 3.8) is 0 Å². The van der Waals surface area contributed by atoms with Crippen LogP contribution in [0.2, 0.25) is 0 Å². The summed E-state index contributed by atoms with van der Waals surface area (Å²) in [6, 6.07) is 12.8. The number of aryl methyl sites for hydroxylation is 1. The molecule has 4 heteroatoms. The van der Waals surface area contributed by atoms with Crippen molar-refractivity contribution in [1.82, 2.24) is 9.38 Å². The van der Waals surface area contributed by atoms with E-state index in [1.165, 1.54) is 11.3 Å². The Hall–Kier alpha value is -2.33. The predicted molar refractivity (Wildman–Crippen MR) is 93.0 cm³/mol. The van der Waals surface area contributed by atoms with E-state index in [0.717, 1.165) is 36.4 Å². The summed E-state index contributed by atoms with van der Waals surface area (Å²) < 4.78 is 7.55. The highest BCUT2D eigenvalue weighted by molar-refractivity contribution is 5.65. The third-order valence-electron chi connectivity index (χ3n) is 4.63.